The molecule has 0 aromatic heterocycles. The van der Waals surface area contributed by atoms with Crippen molar-refractivity contribution in [3.05, 3.63) is 29.3 Å². The number of carbonyl (C=O) groups is 3. The Bertz CT molecular complexity index is 930. The van der Waals surface area contributed by atoms with E-state index in [-0.39, 0.29) is 29.7 Å². The number of phenols is 1. The Balaban J connectivity index is 3.46. The number of alkyl carbamates (subject to hydrolysis) is 1. The van der Waals surface area contributed by atoms with E-state index in [1.807, 2.05) is 27.7 Å². The highest BCUT2D eigenvalue weighted by atomic mass is 16.6. The van der Waals surface area contributed by atoms with Gasteiger partial charge in [0.1, 0.15) is 17.4 Å². The van der Waals surface area contributed by atoms with Gasteiger partial charge in [0, 0.05) is 17.6 Å². The van der Waals surface area contributed by atoms with Gasteiger partial charge < -0.3 is 20.5 Å². The standard InChI is InChI=1S/C27H41N3O5/c1-10-13-19(6)28-24(32)22(20-15-12-14-18(5)23(20)31)30(11-2)25(33)21(16-17(3)4)29-26(34)35-27(7,8)9/h2,12,14-15,17,19,21-22,31H,10,13,16H2,1,3-9H3,(H,28,32)(H,29,34). The van der Waals surface area contributed by atoms with Crippen LogP contribution >= 0.6 is 0 Å². The highest BCUT2D eigenvalue weighted by Gasteiger charge is 2.37. The summed E-state index contributed by atoms with van der Waals surface area (Å²) < 4.78 is 5.33. The fourth-order valence-electron chi connectivity index (χ4n) is 3.70. The highest BCUT2D eigenvalue weighted by Crippen LogP contribution is 2.32. The zero-order chi connectivity index (χ0) is 26.9. The van der Waals surface area contributed by atoms with Gasteiger partial charge in [-0.1, -0.05) is 51.8 Å². The second kappa shape index (κ2) is 13.0. The third-order valence-corrected chi connectivity index (χ3v) is 5.25. The molecular weight excluding hydrogens is 446 g/mol. The molecular formula is C27H41N3O5. The summed E-state index contributed by atoms with van der Waals surface area (Å²) in [4.78, 5) is 40.5. The molecule has 8 nitrogen and oxygen atoms in total. The maximum Gasteiger partial charge on any atom is 0.408 e. The number of nitrogens with zero attached hydrogens (tertiary/aromatic N) is 1. The Labute approximate surface area is 209 Å². The Hall–Kier alpha value is -3.21. The second-order valence-electron chi connectivity index (χ2n) is 10.3. The molecule has 194 valence electrons. The summed E-state index contributed by atoms with van der Waals surface area (Å²) in [6, 6.07) is 4.79. The van der Waals surface area contributed by atoms with E-state index in [9.17, 15) is 19.5 Å². The van der Waals surface area contributed by atoms with Gasteiger partial charge >= 0.3 is 6.09 Å². The van der Waals surface area contributed by atoms with E-state index in [2.05, 4.69) is 16.7 Å². The normalized spacial score (nSPS) is 13.8. The molecule has 0 bridgehead atoms. The van der Waals surface area contributed by atoms with Gasteiger partial charge in [-0.25, -0.2) is 4.79 Å². The highest BCUT2D eigenvalue weighted by molar-refractivity contribution is 5.93. The molecule has 0 radical (unpaired) electrons. The largest absolute Gasteiger partial charge is 0.507 e. The van der Waals surface area contributed by atoms with Crippen molar-refractivity contribution in [1.29, 1.82) is 0 Å². The van der Waals surface area contributed by atoms with Gasteiger partial charge in [0.25, 0.3) is 5.91 Å². The van der Waals surface area contributed by atoms with Crippen LogP contribution in [0.1, 0.15) is 84.9 Å². The molecule has 0 aliphatic carbocycles. The van der Waals surface area contributed by atoms with Gasteiger partial charge in [-0.05, 0) is 58.9 Å². The molecule has 3 atom stereocenters. The van der Waals surface area contributed by atoms with Crippen molar-refractivity contribution in [3.8, 4) is 18.2 Å². The van der Waals surface area contributed by atoms with Crippen LogP contribution in [0.25, 0.3) is 0 Å². The van der Waals surface area contributed by atoms with Crippen LogP contribution in [0, 0.1) is 25.3 Å². The van der Waals surface area contributed by atoms with E-state index >= 15 is 0 Å². The summed E-state index contributed by atoms with van der Waals surface area (Å²) in [5.41, 5.74) is -0.0121. The average Bonchev–Trinajstić information content (AvgIpc) is 2.71. The van der Waals surface area contributed by atoms with Crippen LogP contribution in [-0.4, -0.2) is 45.6 Å². The molecule has 3 amide bonds. The van der Waals surface area contributed by atoms with Crippen LogP contribution in [0.5, 0.6) is 5.75 Å². The summed E-state index contributed by atoms with van der Waals surface area (Å²) in [6.07, 6.45) is 6.88. The summed E-state index contributed by atoms with van der Waals surface area (Å²) in [7, 11) is 0. The van der Waals surface area contributed by atoms with Gasteiger partial charge in [0.15, 0.2) is 6.04 Å². The minimum atomic E-state index is -1.29. The lowest BCUT2D eigenvalue weighted by atomic mass is 9.97. The maximum atomic E-state index is 13.7. The zero-order valence-corrected chi connectivity index (χ0v) is 22.3. The monoisotopic (exact) mass is 487 g/mol. The Morgan fingerprint density at radius 2 is 1.80 bits per heavy atom. The summed E-state index contributed by atoms with van der Waals surface area (Å²) in [5, 5.41) is 16.3. The first-order valence-corrected chi connectivity index (χ1v) is 12.1. The topological polar surface area (TPSA) is 108 Å². The van der Waals surface area contributed by atoms with Gasteiger partial charge in [0.2, 0.25) is 5.91 Å². The van der Waals surface area contributed by atoms with Crippen molar-refractivity contribution < 1.29 is 24.2 Å². The molecule has 0 saturated carbocycles. The van der Waals surface area contributed by atoms with Gasteiger partial charge in [-0.3, -0.25) is 14.5 Å². The number of ether oxygens (including phenoxy) is 1. The minimum Gasteiger partial charge on any atom is -0.507 e. The lowest BCUT2D eigenvalue weighted by Crippen LogP contribution is -2.52. The number of rotatable bonds is 10. The number of hydrogen-bond donors (Lipinski definition) is 3. The number of para-hydroxylation sites is 1. The average molecular weight is 488 g/mol. The van der Waals surface area contributed by atoms with E-state index in [1.54, 1.807) is 45.9 Å². The van der Waals surface area contributed by atoms with Crippen LogP contribution in [-0.2, 0) is 14.3 Å². The van der Waals surface area contributed by atoms with Crippen LogP contribution in [0.15, 0.2) is 18.2 Å². The second-order valence-corrected chi connectivity index (χ2v) is 10.3. The minimum absolute atomic E-state index is 0.0303. The van der Waals surface area contributed by atoms with E-state index in [0.717, 1.165) is 17.7 Å². The third-order valence-electron chi connectivity index (χ3n) is 5.25. The summed E-state index contributed by atoms with van der Waals surface area (Å²) >= 11 is 0. The van der Waals surface area contributed by atoms with Gasteiger partial charge in [-0.15, -0.1) is 0 Å². The fourth-order valence-corrected chi connectivity index (χ4v) is 3.70. The SMILES string of the molecule is C#CN(C(=O)C(CC(C)C)NC(=O)OC(C)(C)C)C(C(=O)NC(C)CCC)c1cccc(C)c1O. The van der Waals surface area contributed by atoms with Crippen molar-refractivity contribution in [2.75, 3.05) is 0 Å². The lowest BCUT2D eigenvalue weighted by molar-refractivity contribution is -0.139. The van der Waals surface area contributed by atoms with Crippen molar-refractivity contribution in [2.24, 2.45) is 5.92 Å². The molecule has 1 aromatic carbocycles. The zero-order valence-electron chi connectivity index (χ0n) is 22.3. The number of nitrogens with one attached hydrogen (secondary N) is 2. The molecule has 0 saturated heterocycles. The van der Waals surface area contributed by atoms with Crippen molar-refractivity contribution in [1.82, 2.24) is 15.5 Å². The van der Waals surface area contributed by atoms with E-state index in [1.165, 1.54) is 0 Å². The lowest BCUT2D eigenvalue weighted by Gasteiger charge is -2.32. The van der Waals surface area contributed by atoms with Gasteiger partial charge in [0.05, 0.1) is 0 Å². The number of phenolic OH excluding ortho intramolecular Hbond substituents is 1. The Morgan fingerprint density at radius 3 is 2.31 bits per heavy atom. The first-order chi connectivity index (χ1) is 16.2. The molecule has 35 heavy (non-hydrogen) atoms. The number of aromatic hydroxyl groups is 1. The predicted octanol–water partition coefficient (Wildman–Crippen LogP) is 4.41. The quantitative estimate of drug-likeness (QED) is 0.335. The number of terminal acetylenes is 1. The molecule has 0 spiro atoms. The molecule has 0 fully saturated rings. The molecule has 0 heterocycles. The van der Waals surface area contributed by atoms with E-state index in [4.69, 9.17) is 11.2 Å². The fraction of sp³-hybridized carbons (Fsp3) is 0.593. The number of benzene rings is 1. The number of hydrogen-bond acceptors (Lipinski definition) is 5. The van der Waals surface area contributed by atoms with Crippen molar-refractivity contribution >= 4 is 17.9 Å². The van der Waals surface area contributed by atoms with Crippen LogP contribution in [0.2, 0.25) is 0 Å². The molecule has 0 aliphatic rings. The van der Waals surface area contributed by atoms with E-state index < -0.39 is 35.6 Å². The number of amides is 3. The van der Waals surface area contributed by atoms with Gasteiger partial charge in [-0.2, -0.15) is 0 Å². The molecule has 1 rings (SSSR count). The first kappa shape index (κ1) is 29.8. The molecule has 0 aliphatic heterocycles. The smallest absolute Gasteiger partial charge is 0.408 e. The van der Waals surface area contributed by atoms with Crippen molar-refractivity contribution in [3.63, 3.8) is 0 Å². The first-order valence-electron chi connectivity index (χ1n) is 12.1. The molecule has 1 aromatic rings. The molecule has 8 heteroatoms. The third kappa shape index (κ3) is 9.16. The van der Waals surface area contributed by atoms with Crippen LogP contribution < -0.4 is 10.6 Å². The van der Waals surface area contributed by atoms with Crippen molar-refractivity contribution in [2.45, 2.75) is 98.4 Å². The van der Waals surface area contributed by atoms with Crippen LogP contribution in [0.4, 0.5) is 4.79 Å². The summed E-state index contributed by atoms with van der Waals surface area (Å²) in [6.45, 7) is 14.5. The van der Waals surface area contributed by atoms with E-state index in [0.29, 0.717) is 5.56 Å². The summed E-state index contributed by atoms with van der Waals surface area (Å²) in [5.74, 6) is -1.25. The molecule has 3 unspecified atom stereocenters. The molecule has 3 N–H and O–H groups in total. The maximum absolute atomic E-state index is 13.7. The number of carbonyl (C=O) groups excluding carboxylic acids is 3. The number of aryl methyl sites for hydroxylation is 1. The Kier molecular flexibility index (Phi) is 11.1. The Morgan fingerprint density at radius 1 is 1.17 bits per heavy atom. The predicted molar refractivity (Wildman–Crippen MR) is 136 cm³/mol. The van der Waals surface area contributed by atoms with Crippen LogP contribution in [0.3, 0.4) is 0 Å².